The summed E-state index contributed by atoms with van der Waals surface area (Å²) in [6, 6.07) is 31.7. The maximum atomic E-state index is 13.3. The number of allylic oxidation sites excluding steroid dienone is 1. The van der Waals surface area contributed by atoms with Crippen molar-refractivity contribution in [3.05, 3.63) is 130 Å². The number of hydrogen-bond acceptors (Lipinski definition) is 7. The van der Waals surface area contributed by atoms with Crippen molar-refractivity contribution in [3.63, 3.8) is 0 Å². The molecule has 1 aliphatic heterocycles. The number of nitrogens with zero attached hydrogens (tertiary/aromatic N) is 3. The Morgan fingerprint density at radius 1 is 0.870 bits per heavy atom. The number of rotatable bonds is 9. The normalized spacial score (nSPS) is 14.7. The molecule has 0 atom stereocenters. The van der Waals surface area contributed by atoms with Gasteiger partial charge in [0.2, 0.25) is 0 Å². The van der Waals surface area contributed by atoms with Crippen LogP contribution in [0.25, 0.3) is 5.57 Å². The van der Waals surface area contributed by atoms with Gasteiger partial charge in [0, 0.05) is 29.9 Å². The van der Waals surface area contributed by atoms with Crippen LogP contribution in [0.2, 0.25) is 0 Å². The van der Waals surface area contributed by atoms with Crippen molar-refractivity contribution < 1.29 is 19.1 Å². The van der Waals surface area contributed by atoms with Crippen LogP contribution < -0.4 is 10.7 Å². The highest BCUT2D eigenvalue weighted by atomic mass is 16.6. The van der Waals surface area contributed by atoms with Gasteiger partial charge in [0.05, 0.1) is 18.8 Å². The molecule has 3 aromatic carbocycles. The van der Waals surface area contributed by atoms with Gasteiger partial charge in [-0.3, -0.25) is 4.68 Å². The van der Waals surface area contributed by atoms with Gasteiger partial charge in [-0.2, -0.15) is 10.1 Å². The fourth-order valence-electron chi connectivity index (χ4n) is 6.55. The number of nitrogens with one attached hydrogen (secondary N) is 2. The van der Waals surface area contributed by atoms with Crippen LogP contribution in [0.1, 0.15) is 72.6 Å². The molecule has 9 nitrogen and oxygen atoms in total. The molecule has 0 saturated heterocycles. The molecule has 4 aromatic rings. The number of esters is 1. The number of benzene rings is 3. The number of carbonyl (C=O) groups excluding carboxylic acids is 2. The predicted molar refractivity (Wildman–Crippen MR) is 177 cm³/mol. The van der Waals surface area contributed by atoms with Crippen molar-refractivity contribution in [1.82, 2.24) is 25.5 Å². The Morgan fingerprint density at radius 3 is 1.96 bits per heavy atom. The third kappa shape index (κ3) is 5.90. The number of hydrogen-bond donors (Lipinski definition) is 2. The number of fused-ring (bicyclic) bond motifs is 2. The average Bonchev–Trinajstić information content (AvgIpc) is 3.64. The van der Waals surface area contributed by atoms with Crippen LogP contribution in [0.5, 0.6) is 0 Å². The molecule has 238 valence electrons. The minimum Gasteiger partial charge on any atom is -0.461 e. The van der Waals surface area contributed by atoms with Crippen LogP contribution in [0.4, 0.5) is 4.79 Å². The molecule has 6 rings (SSSR count). The minimum absolute atomic E-state index is 0.247. The van der Waals surface area contributed by atoms with E-state index in [1.54, 1.807) is 11.6 Å². The summed E-state index contributed by atoms with van der Waals surface area (Å²) in [7, 11) is 0. The fraction of sp³-hybridized carbons (Fsp3) is 0.324. The Bertz CT molecular complexity index is 1630. The van der Waals surface area contributed by atoms with E-state index < -0.39 is 23.2 Å². The second-order valence-corrected chi connectivity index (χ2v) is 12.5. The quantitative estimate of drug-likeness (QED) is 0.174. The molecule has 0 unspecified atom stereocenters. The summed E-state index contributed by atoms with van der Waals surface area (Å²) in [6.45, 7) is 8.60. The van der Waals surface area contributed by atoms with Gasteiger partial charge in [0.25, 0.3) is 0 Å². The number of hydrazine groups is 1. The van der Waals surface area contributed by atoms with Gasteiger partial charge in [-0.1, -0.05) is 91.0 Å². The summed E-state index contributed by atoms with van der Waals surface area (Å²) in [5.74, 6) is -0.410. The molecule has 2 aliphatic rings. The summed E-state index contributed by atoms with van der Waals surface area (Å²) < 4.78 is 12.6. The number of carbonyl (C=O) groups is 2. The molecule has 1 aromatic heterocycles. The largest absolute Gasteiger partial charge is 0.461 e. The second kappa shape index (κ2) is 12.8. The van der Waals surface area contributed by atoms with E-state index in [9.17, 15) is 9.59 Å². The van der Waals surface area contributed by atoms with Crippen LogP contribution in [-0.2, 0) is 28.0 Å². The van der Waals surface area contributed by atoms with Crippen molar-refractivity contribution >= 4 is 17.6 Å². The first kappa shape index (κ1) is 31.1. The Kier molecular flexibility index (Phi) is 8.69. The van der Waals surface area contributed by atoms with Gasteiger partial charge in [0.15, 0.2) is 0 Å². The van der Waals surface area contributed by atoms with Crippen molar-refractivity contribution in [2.75, 3.05) is 19.7 Å². The van der Waals surface area contributed by atoms with Gasteiger partial charge in [-0.25, -0.2) is 9.59 Å². The Morgan fingerprint density at radius 2 is 1.43 bits per heavy atom. The number of alkyl carbamates (subject to hydrolysis) is 1. The zero-order valence-electron chi connectivity index (χ0n) is 26.9. The number of aromatic nitrogens is 2. The lowest BCUT2D eigenvalue weighted by Gasteiger charge is -2.43. The van der Waals surface area contributed by atoms with Crippen LogP contribution in [-0.4, -0.2) is 52.1 Å². The smallest absolute Gasteiger partial charge is 0.407 e. The summed E-state index contributed by atoms with van der Waals surface area (Å²) >= 11 is 0. The fourth-order valence-corrected chi connectivity index (χ4v) is 6.55. The summed E-state index contributed by atoms with van der Waals surface area (Å²) in [5, 5.41) is 10.1. The maximum Gasteiger partial charge on any atom is 0.407 e. The average molecular weight is 620 g/mol. The van der Waals surface area contributed by atoms with Crippen LogP contribution in [0.15, 0.2) is 96.7 Å². The van der Waals surface area contributed by atoms with Crippen LogP contribution >= 0.6 is 0 Å². The SMILES string of the molecule is CCOC(=O)c1c2c(nn1CCNC(=O)OC(C)(C)C)C1=C(CC2)NN(C(c2ccccc2)(c2ccccc2)c2ccccc2)C1. The molecule has 0 saturated carbocycles. The Labute approximate surface area is 270 Å². The van der Waals surface area contributed by atoms with Crippen LogP contribution in [0, 0.1) is 0 Å². The van der Waals surface area contributed by atoms with Crippen molar-refractivity contribution in [2.24, 2.45) is 0 Å². The predicted octanol–water partition coefficient (Wildman–Crippen LogP) is 6.05. The first-order valence-electron chi connectivity index (χ1n) is 15.9. The highest BCUT2D eigenvalue weighted by molar-refractivity contribution is 5.92. The van der Waals surface area contributed by atoms with E-state index in [-0.39, 0.29) is 13.2 Å². The van der Waals surface area contributed by atoms with Gasteiger partial charge in [-0.05, 0) is 57.2 Å². The van der Waals surface area contributed by atoms with E-state index in [4.69, 9.17) is 14.6 Å². The second-order valence-electron chi connectivity index (χ2n) is 12.5. The zero-order valence-corrected chi connectivity index (χ0v) is 26.9. The first-order valence-corrected chi connectivity index (χ1v) is 15.9. The van der Waals surface area contributed by atoms with E-state index in [0.29, 0.717) is 25.2 Å². The molecule has 1 aliphatic carbocycles. The third-order valence-electron chi connectivity index (χ3n) is 8.35. The van der Waals surface area contributed by atoms with Gasteiger partial charge >= 0.3 is 12.1 Å². The summed E-state index contributed by atoms with van der Waals surface area (Å²) in [6.07, 6.45) is 0.848. The van der Waals surface area contributed by atoms with E-state index in [0.717, 1.165) is 45.6 Å². The van der Waals surface area contributed by atoms with Crippen molar-refractivity contribution in [3.8, 4) is 0 Å². The molecule has 2 heterocycles. The van der Waals surface area contributed by atoms with Crippen molar-refractivity contribution in [2.45, 2.75) is 58.2 Å². The number of amides is 1. The molecule has 0 fully saturated rings. The lowest BCUT2D eigenvalue weighted by Crippen LogP contribution is -2.52. The molecule has 0 bridgehead atoms. The van der Waals surface area contributed by atoms with Gasteiger partial charge < -0.3 is 20.2 Å². The molecule has 0 spiro atoms. The first-order chi connectivity index (χ1) is 22.2. The van der Waals surface area contributed by atoms with E-state index in [1.807, 2.05) is 39.0 Å². The molecular formula is C37H41N5O4. The highest BCUT2D eigenvalue weighted by Crippen LogP contribution is 2.46. The van der Waals surface area contributed by atoms with Gasteiger partial charge in [0.1, 0.15) is 16.8 Å². The maximum absolute atomic E-state index is 13.3. The third-order valence-corrected chi connectivity index (χ3v) is 8.35. The Balaban J connectivity index is 1.39. The lowest BCUT2D eigenvalue weighted by atomic mass is 9.76. The summed E-state index contributed by atoms with van der Waals surface area (Å²) in [4.78, 5) is 25.6. The monoisotopic (exact) mass is 619 g/mol. The van der Waals surface area contributed by atoms with Gasteiger partial charge in [-0.15, -0.1) is 0 Å². The molecule has 0 radical (unpaired) electrons. The molecule has 2 N–H and O–H groups in total. The van der Waals surface area contributed by atoms with E-state index in [1.165, 1.54) is 0 Å². The molecule has 46 heavy (non-hydrogen) atoms. The summed E-state index contributed by atoms with van der Waals surface area (Å²) in [5.41, 5.74) is 10.2. The standard InChI is InChI=1S/C37H41N5O4/c1-5-45-34(43)33-29-21-22-31-30(32(29)40-41(33)24-23-38-35(44)46-36(2,3)4)25-42(39-31)37(26-15-9-6-10-16-26,27-17-11-7-12-18-27)28-19-13-8-14-20-28/h6-20,39H,5,21-25H2,1-4H3,(H,38,44). The molecule has 9 heteroatoms. The zero-order chi connectivity index (χ0) is 32.3. The molecular weight excluding hydrogens is 578 g/mol. The van der Waals surface area contributed by atoms with Crippen LogP contribution in [0.3, 0.4) is 0 Å². The lowest BCUT2D eigenvalue weighted by molar-refractivity contribution is 0.0510. The van der Waals surface area contributed by atoms with E-state index in [2.05, 4.69) is 88.5 Å². The number of ether oxygens (including phenoxy) is 2. The highest BCUT2D eigenvalue weighted by Gasteiger charge is 2.47. The minimum atomic E-state index is -0.662. The molecule has 1 amide bonds. The Hall–Kier alpha value is -4.89. The van der Waals surface area contributed by atoms with E-state index >= 15 is 0 Å². The topological polar surface area (TPSA) is 97.7 Å². The van der Waals surface area contributed by atoms with Crippen molar-refractivity contribution in [1.29, 1.82) is 0 Å².